The van der Waals surface area contributed by atoms with Gasteiger partial charge in [-0.15, -0.1) is 0 Å². The lowest BCUT2D eigenvalue weighted by molar-refractivity contribution is 0.112. The highest BCUT2D eigenvalue weighted by atomic mass is 35.5. The standard InChI is InChI=1S/C14H18ClNO/c1-10(2)13-4-3-7-16(13)14-8-12(15)6-5-11(14)9-17/h5-6,8-10,13H,3-4,7H2,1-2H3. The van der Waals surface area contributed by atoms with Gasteiger partial charge in [0.2, 0.25) is 0 Å². The van der Waals surface area contributed by atoms with Crippen molar-refractivity contribution in [1.29, 1.82) is 0 Å². The molecule has 0 bridgehead atoms. The summed E-state index contributed by atoms with van der Waals surface area (Å²) in [5.41, 5.74) is 1.73. The van der Waals surface area contributed by atoms with Crippen molar-refractivity contribution in [2.45, 2.75) is 32.7 Å². The van der Waals surface area contributed by atoms with Gasteiger partial charge in [0, 0.05) is 28.9 Å². The normalized spacial score (nSPS) is 20.0. The molecule has 0 spiro atoms. The van der Waals surface area contributed by atoms with Crippen LogP contribution >= 0.6 is 11.6 Å². The van der Waals surface area contributed by atoms with E-state index in [9.17, 15) is 4.79 Å². The van der Waals surface area contributed by atoms with E-state index >= 15 is 0 Å². The Morgan fingerprint density at radius 3 is 2.88 bits per heavy atom. The Balaban J connectivity index is 2.38. The van der Waals surface area contributed by atoms with Gasteiger partial charge in [-0.25, -0.2) is 0 Å². The molecule has 0 aromatic heterocycles. The smallest absolute Gasteiger partial charge is 0.152 e. The molecule has 2 nitrogen and oxygen atoms in total. The van der Waals surface area contributed by atoms with Gasteiger partial charge in [-0.1, -0.05) is 25.4 Å². The van der Waals surface area contributed by atoms with Crippen LogP contribution < -0.4 is 4.90 Å². The summed E-state index contributed by atoms with van der Waals surface area (Å²) in [7, 11) is 0. The van der Waals surface area contributed by atoms with E-state index in [-0.39, 0.29) is 0 Å². The molecule has 1 fully saturated rings. The lowest BCUT2D eigenvalue weighted by Gasteiger charge is -2.30. The first-order chi connectivity index (χ1) is 8.13. The predicted octanol–water partition coefficient (Wildman–Crippen LogP) is 3.78. The fraction of sp³-hybridized carbons (Fsp3) is 0.500. The highest BCUT2D eigenvalue weighted by molar-refractivity contribution is 6.31. The van der Waals surface area contributed by atoms with Crippen molar-refractivity contribution in [3.8, 4) is 0 Å². The summed E-state index contributed by atoms with van der Waals surface area (Å²) < 4.78 is 0. The van der Waals surface area contributed by atoms with E-state index in [1.807, 2.05) is 6.07 Å². The Morgan fingerprint density at radius 2 is 2.24 bits per heavy atom. The second-order valence-electron chi connectivity index (χ2n) is 4.97. The fourth-order valence-corrected chi connectivity index (χ4v) is 2.82. The molecular weight excluding hydrogens is 234 g/mol. The van der Waals surface area contributed by atoms with Crippen LogP contribution in [0.5, 0.6) is 0 Å². The maximum atomic E-state index is 11.1. The molecule has 3 heteroatoms. The molecule has 0 aliphatic carbocycles. The van der Waals surface area contributed by atoms with Gasteiger partial charge in [-0.3, -0.25) is 4.79 Å². The number of aldehydes is 1. The molecule has 0 amide bonds. The van der Waals surface area contributed by atoms with E-state index in [0.717, 1.165) is 24.1 Å². The SMILES string of the molecule is CC(C)C1CCCN1c1cc(Cl)ccc1C=O. The molecule has 1 aromatic carbocycles. The van der Waals surface area contributed by atoms with Crippen LogP contribution in [0.1, 0.15) is 37.0 Å². The Bertz CT molecular complexity index is 417. The molecule has 0 saturated carbocycles. The first-order valence-corrected chi connectivity index (χ1v) is 6.52. The minimum Gasteiger partial charge on any atom is -0.368 e. The van der Waals surface area contributed by atoms with Crippen LogP contribution in [0.15, 0.2) is 18.2 Å². The molecule has 0 N–H and O–H groups in total. The minimum atomic E-state index is 0.521. The number of halogens is 1. The Morgan fingerprint density at radius 1 is 1.47 bits per heavy atom. The minimum absolute atomic E-state index is 0.521. The molecule has 1 saturated heterocycles. The third-order valence-corrected chi connectivity index (χ3v) is 3.73. The molecule has 2 rings (SSSR count). The van der Waals surface area contributed by atoms with Gasteiger partial charge in [-0.05, 0) is 37.0 Å². The van der Waals surface area contributed by atoms with Crippen LogP contribution in [-0.2, 0) is 0 Å². The Kier molecular flexibility index (Phi) is 3.72. The number of anilines is 1. The van der Waals surface area contributed by atoms with Crippen molar-refractivity contribution in [3.63, 3.8) is 0 Å². The average Bonchev–Trinajstić information content (AvgIpc) is 2.77. The first-order valence-electron chi connectivity index (χ1n) is 6.15. The highest BCUT2D eigenvalue weighted by Crippen LogP contribution is 2.33. The van der Waals surface area contributed by atoms with Crippen LogP contribution in [0, 0.1) is 5.92 Å². The fourth-order valence-electron chi connectivity index (χ4n) is 2.65. The number of nitrogens with zero attached hydrogens (tertiary/aromatic N) is 1. The van der Waals surface area contributed by atoms with Gasteiger partial charge >= 0.3 is 0 Å². The third-order valence-electron chi connectivity index (χ3n) is 3.50. The zero-order chi connectivity index (χ0) is 12.4. The quantitative estimate of drug-likeness (QED) is 0.762. The van der Waals surface area contributed by atoms with E-state index in [1.165, 1.54) is 12.8 Å². The monoisotopic (exact) mass is 251 g/mol. The van der Waals surface area contributed by atoms with Gasteiger partial charge in [-0.2, -0.15) is 0 Å². The van der Waals surface area contributed by atoms with Gasteiger partial charge in [0.1, 0.15) is 0 Å². The van der Waals surface area contributed by atoms with Gasteiger partial charge in [0.15, 0.2) is 6.29 Å². The number of hydrogen-bond donors (Lipinski definition) is 0. The zero-order valence-corrected chi connectivity index (χ0v) is 11.1. The molecule has 92 valence electrons. The molecule has 17 heavy (non-hydrogen) atoms. The van der Waals surface area contributed by atoms with Crippen LogP contribution in [0.2, 0.25) is 5.02 Å². The summed E-state index contributed by atoms with van der Waals surface area (Å²) in [5, 5.41) is 0.694. The largest absolute Gasteiger partial charge is 0.368 e. The molecule has 1 aliphatic heterocycles. The van der Waals surface area contributed by atoms with Crippen LogP contribution in [-0.4, -0.2) is 18.9 Å². The van der Waals surface area contributed by atoms with E-state index in [2.05, 4.69) is 18.7 Å². The highest BCUT2D eigenvalue weighted by Gasteiger charge is 2.28. The Labute approximate surface area is 108 Å². The van der Waals surface area contributed by atoms with Gasteiger partial charge < -0.3 is 4.90 Å². The van der Waals surface area contributed by atoms with Gasteiger partial charge in [0.05, 0.1) is 0 Å². The summed E-state index contributed by atoms with van der Waals surface area (Å²) in [6, 6.07) is 6.01. The number of benzene rings is 1. The summed E-state index contributed by atoms with van der Waals surface area (Å²) >= 11 is 6.04. The van der Waals surface area contributed by atoms with Crippen LogP contribution in [0.3, 0.4) is 0 Å². The van der Waals surface area contributed by atoms with E-state index in [0.29, 0.717) is 17.0 Å². The van der Waals surface area contributed by atoms with Crippen molar-refractivity contribution in [2.24, 2.45) is 5.92 Å². The second-order valence-corrected chi connectivity index (χ2v) is 5.40. The molecule has 0 radical (unpaired) electrons. The number of carbonyl (C=O) groups excluding carboxylic acids is 1. The molecule has 1 unspecified atom stereocenters. The predicted molar refractivity (Wildman–Crippen MR) is 72.0 cm³/mol. The number of carbonyl (C=O) groups is 1. The molecule has 1 heterocycles. The summed E-state index contributed by atoms with van der Waals surface area (Å²) in [6.07, 6.45) is 3.30. The van der Waals surface area contributed by atoms with Crippen molar-refractivity contribution < 1.29 is 4.79 Å². The maximum Gasteiger partial charge on any atom is 0.152 e. The lowest BCUT2D eigenvalue weighted by Crippen LogP contribution is -2.34. The summed E-state index contributed by atoms with van der Waals surface area (Å²) in [6.45, 7) is 5.48. The molecular formula is C14H18ClNO. The molecule has 1 aromatic rings. The second kappa shape index (κ2) is 5.09. The lowest BCUT2D eigenvalue weighted by atomic mass is 10.0. The van der Waals surface area contributed by atoms with E-state index in [1.54, 1.807) is 12.1 Å². The van der Waals surface area contributed by atoms with Crippen LogP contribution in [0.4, 0.5) is 5.69 Å². The van der Waals surface area contributed by atoms with Gasteiger partial charge in [0.25, 0.3) is 0 Å². The van der Waals surface area contributed by atoms with Crippen molar-refractivity contribution in [3.05, 3.63) is 28.8 Å². The average molecular weight is 252 g/mol. The number of rotatable bonds is 3. The van der Waals surface area contributed by atoms with E-state index in [4.69, 9.17) is 11.6 Å². The maximum absolute atomic E-state index is 11.1. The molecule has 1 atom stereocenters. The first kappa shape index (κ1) is 12.4. The molecule has 1 aliphatic rings. The van der Waals surface area contributed by atoms with Crippen molar-refractivity contribution in [1.82, 2.24) is 0 Å². The van der Waals surface area contributed by atoms with Crippen molar-refractivity contribution in [2.75, 3.05) is 11.4 Å². The summed E-state index contributed by atoms with van der Waals surface area (Å²) in [5.74, 6) is 0.594. The van der Waals surface area contributed by atoms with E-state index < -0.39 is 0 Å². The summed E-state index contributed by atoms with van der Waals surface area (Å²) in [4.78, 5) is 13.4. The number of hydrogen-bond acceptors (Lipinski definition) is 2. The zero-order valence-electron chi connectivity index (χ0n) is 10.3. The van der Waals surface area contributed by atoms with Crippen LogP contribution in [0.25, 0.3) is 0 Å². The van der Waals surface area contributed by atoms with Crippen molar-refractivity contribution >= 4 is 23.6 Å². The topological polar surface area (TPSA) is 20.3 Å². The Hall–Kier alpha value is -1.02. The third kappa shape index (κ3) is 2.47.